The molecular weight excluding hydrogens is 390 g/mol. The third-order valence-electron chi connectivity index (χ3n) is 9.73. The van der Waals surface area contributed by atoms with Crippen molar-refractivity contribution in [3.05, 3.63) is 34.4 Å². The highest BCUT2D eigenvalue weighted by Gasteiger charge is 2.78. The second kappa shape index (κ2) is 5.67. The monoisotopic (exact) mass is 425 g/mol. The molecule has 1 N–H and O–H groups in total. The lowest BCUT2D eigenvalue weighted by Crippen LogP contribution is -2.78. The second-order valence-corrected chi connectivity index (χ2v) is 11.7. The van der Waals surface area contributed by atoms with Crippen molar-refractivity contribution < 1.29 is 19.3 Å². The zero-order valence-electron chi connectivity index (χ0n) is 19.8. The summed E-state index contributed by atoms with van der Waals surface area (Å²) in [6.45, 7) is 9.43. The molecule has 0 amide bonds. The van der Waals surface area contributed by atoms with Crippen LogP contribution in [0, 0.1) is 11.3 Å². The van der Waals surface area contributed by atoms with Crippen molar-refractivity contribution in [2.24, 2.45) is 11.3 Å². The summed E-state index contributed by atoms with van der Waals surface area (Å²) < 4.78 is 19.1. The van der Waals surface area contributed by atoms with Crippen molar-refractivity contribution in [2.75, 3.05) is 27.8 Å². The van der Waals surface area contributed by atoms with Crippen LogP contribution in [0.2, 0.25) is 0 Å². The standard InChI is InChI=1S/C26H35NO4/c1-23(2,3)24(4,28)21-15-13-26(21,30-7)22-25-10-11-27(5)16(19(15)25)12-14-8-9-17(29-6)20(31-22)18(14)25/h8-9,16,21-22,28H,10-13H2,1-7H3/t16?,21?,22?,24-,25?,26+/m0/s1. The van der Waals surface area contributed by atoms with E-state index < -0.39 is 11.2 Å². The molecule has 1 saturated carbocycles. The smallest absolute Gasteiger partial charge is 0.166 e. The van der Waals surface area contributed by atoms with Gasteiger partial charge in [-0.3, -0.25) is 4.90 Å². The first-order valence-electron chi connectivity index (χ1n) is 11.6. The SMILES string of the molecule is COc1ccc2c3c1OC1C34CCN(C)C(C2)C4=C2C[C@@]1(OC)C2[C@](C)(O)C(C)(C)C. The molecule has 5 heteroatoms. The van der Waals surface area contributed by atoms with Crippen molar-refractivity contribution in [2.45, 2.75) is 75.7 Å². The summed E-state index contributed by atoms with van der Waals surface area (Å²) in [5.74, 6) is 1.64. The first-order valence-corrected chi connectivity index (χ1v) is 11.6. The number of nitrogens with zero attached hydrogens (tertiary/aromatic N) is 1. The zero-order valence-corrected chi connectivity index (χ0v) is 19.8. The summed E-state index contributed by atoms with van der Waals surface area (Å²) in [5, 5.41) is 12.0. The highest BCUT2D eigenvalue weighted by Crippen LogP contribution is 2.73. The number of aliphatic hydroxyl groups is 1. The van der Waals surface area contributed by atoms with Crippen molar-refractivity contribution in [3.8, 4) is 11.5 Å². The van der Waals surface area contributed by atoms with Crippen LogP contribution >= 0.6 is 0 Å². The van der Waals surface area contributed by atoms with Gasteiger partial charge in [-0.2, -0.15) is 0 Å². The third kappa shape index (κ3) is 1.97. The number of piperidine rings is 1. The minimum absolute atomic E-state index is 0.0750. The molecule has 168 valence electrons. The van der Waals surface area contributed by atoms with E-state index in [1.165, 1.54) is 22.3 Å². The maximum atomic E-state index is 12.0. The van der Waals surface area contributed by atoms with Crippen LogP contribution in [0.15, 0.2) is 23.3 Å². The maximum Gasteiger partial charge on any atom is 0.166 e. The molecule has 0 radical (unpaired) electrons. The van der Waals surface area contributed by atoms with Gasteiger partial charge in [0.25, 0.3) is 0 Å². The maximum absolute atomic E-state index is 12.0. The van der Waals surface area contributed by atoms with Gasteiger partial charge in [0.15, 0.2) is 11.5 Å². The third-order valence-corrected chi connectivity index (χ3v) is 9.73. The number of likely N-dealkylation sites (N-methyl/N-ethyl adjacent to an activating group) is 1. The fraction of sp³-hybridized carbons (Fsp3) is 0.692. The highest BCUT2D eigenvalue weighted by molar-refractivity contribution is 5.70. The molecule has 5 nitrogen and oxygen atoms in total. The molecule has 4 bridgehead atoms. The van der Waals surface area contributed by atoms with E-state index in [-0.39, 0.29) is 22.9 Å². The Balaban J connectivity index is 1.67. The summed E-state index contributed by atoms with van der Waals surface area (Å²) in [7, 11) is 5.78. The van der Waals surface area contributed by atoms with E-state index in [9.17, 15) is 5.11 Å². The lowest BCUT2D eigenvalue weighted by atomic mass is 9.39. The van der Waals surface area contributed by atoms with Crippen LogP contribution in [-0.4, -0.2) is 61.2 Å². The van der Waals surface area contributed by atoms with Crippen LogP contribution < -0.4 is 9.47 Å². The van der Waals surface area contributed by atoms with Crippen LogP contribution in [0.4, 0.5) is 0 Å². The van der Waals surface area contributed by atoms with E-state index in [0.717, 1.165) is 37.3 Å². The van der Waals surface area contributed by atoms with Gasteiger partial charge in [-0.25, -0.2) is 0 Å². The largest absolute Gasteiger partial charge is 0.493 e. The number of rotatable bonds is 3. The quantitative estimate of drug-likeness (QED) is 0.752. The Morgan fingerprint density at radius 3 is 2.58 bits per heavy atom. The average molecular weight is 426 g/mol. The minimum atomic E-state index is -0.916. The van der Waals surface area contributed by atoms with E-state index in [2.05, 4.69) is 44.9 Å². The van der Waals surface area contributed by atoms with Crippen LogP contribution in [0.5, 0.6) is 11.5 Å². The number of hydrogen-bond donors (Lipinski definition) is 1. The van der Waals surface area contributed by atoms with Crippen LogP contribution in [-0.2, 0) is 16.6 Å². The Bertz CT molecular complexity index is 1020. The van der Waals surface area contributed by atoms with E-state index in [1.54, 1.807) is 7.11 Å². The molecule has 2 fully saturated rings. The molecule has 31 heavy (non-hydrogen) atoms. The molecule has 6 atom stereocenters. The number of methoxy groups -OCH3 is 2. The van der Waals surface area contributed by atoms with Gasteiger partial charge in [0.2, 0.25) is 0 Å². The van der Waals surface area contributed by atoms with Gasteiger partial charge in [0, 0.05) is 31.1 Å². The number of hydrogen-bond acceptors (Lipinski definition) is 5. The molecule has 4 aliphatic carbocycles. The molecule has 7 rings (SSSR count). The van der Waals surface area contributed by atoms with Crippen LogP contribution in [0.1, 0.15) is 51.7 Å². The molecular formula is C26H35NO4. The van der Waals surface area contributed by atoms with Crippen LogP contribution in [0.25, 0.3) is 0 Å². The summed E-state index contributed by atoms with van der Waals surface area (Å²) >= 11 is 0. The van der Waals surface area contributed by atoms with Gasteiger partial charge in [-0.1, -0.05) is 32.4 Å². The van der Waals surface area contributed by atoms with Gasteiger partial charge in [-0.05, 0) is 56.0 Å². The number of ether oxygens (including phenoxy) is 3. The van der Waals surface area contributed by atoms with Gasteiger partial charge in [0.1, 0.15) is 11.7 Å². The molecule has 2 heterocycles. The molecule has 1 saturated heterocycles. The lowest BCUT2D eigenvalue weighted by molar-refractivity contribution is -0.244. The van der Waals surface area contributed by atoms with E-state index >= 15 is 0 Å². The van der Waals surface area contributed by atoms with Crippen molar-refractivity contribution >= 4 is 0 Å². The first-order chi connectivity index (χ1) is 14.5. The minimum Gasteiger partial charge on any atom is -0.493 e. The second-order valence-electron chi connectivity index (χ2n) is 11.7. The Hall–Kier alpha value is -1.56. The predicted octanol–water partition coefficient (Wildman–Crippen LogP) is 3.47. The Morgan fingerprint density at radius 2 is 1.94 bits per heavy atom. The summed E-state index contributed by atoms with van der Waals surface area (Å²) in [4.78, 5) is 2.51. The Labute approximate surface area is 185 Å². The van der Waals surface area contributed by atoms with Crippen molar-refractivity contribution in [3.63, 3.8) is 0 Å². The zero-order chi connectivity index (χ0) is 22.1. The van der Waals surface area contributed by atoms with Gasteiger partial charge in [-0.15, -0.1) is 0 Å². The fourth-order valence-corrected chi connectivity index (χ4v) is 7.77. The molecule has 1 aromatic rings. The number of benzene rings is 1. The molecule has 4 unspecified atom stereocenters. The van der Waals surface area contributed by atoms with Gasteiger partial charge >= 0.3 is 0 Å². The predicted molar refractivity (Wildman–Crippen MR) is 119 cm³/mol. The van der Waals surface area contributed by atoms with E-state index in [0.29, 0.717) is 6.04 Å². The molecule has 0 aromatic heterocycles. The van der Waals surface area contributed by atoms with E-state index in [4.69, 9.17) is 14.2 Å². The molecule has 1 spiro atoms. The average Bonchev–Trinajstić information content (AvgIpc) is 3.04. The first kappa shape index (κ1) is 20.1. The molecule has 2 aliphatic heterocycles. The van der Waals surface area contributed by atoms with Crippen molar-refractivity contribution in [1.82, 2.24) is 4.90 Å². The fourth-order valence-electron chi connectivity index (χ4n) is 7.77. The molecule has 1 aromatic carbocycles. The van der Waals surface area contributed by atoms with Gasteiger partial charge in [0.05, 0.1) is 18.1 Å². The van der Waals surface area contributed by atoms with Crippen LogP contribution in [0.3, 0.4) is 0 Å². The molecule has 6 aliphatic rings. The lowest BCUT2D eigenvalue weighted by Gasteiger charge is -2.70. The van der Waals surface area contributed by atoms with Crippen molar-refractivity contribution in [1.29, 1.82) is 0 Å². The summed E-state index contributed by atoms with van der Waals surface area (Å²) in [5.41, 5.74) is 3.74. The highest BCUT2D eigenvalue weighted by atomic mass is 16.6. The number of likely N-dealkylation sites (tertiary alicyclic amines) is 1. The normalized spacial score (nSPS) is 39.4. The topological polar surface area (TPSA) is 51.2 Å². The summed E-state index contributed by atoms with van der Waals surface area (Å²) in [6, 6.07) is 4.65. The van der Waals surface area contributed by atoms with E-state index in [1.807, 2.05) is 14.0 Å². The Kier molecular flexibility index (Phi) is 3.67. The summed E-state index contributed by atoms with van der Waals surface area (Å²) in [6.07, 6.45) is 2.71. The Morgan fingerprint density at radius 1 is 1.19 bits per heavy atom. The van der Waals surface area contributed by atoms with Gasteiger partial charge < -0.3 is 19.3 Å².